The van der Waals surface area contributed by atoms with Crippen LogP contribution in [0, 0.1) is 5.82 Å². The lowest BCUT2D eigenvalue weighted by atomic mass is 9.87. The Hall–Kier alpha value is -1.09. The zero-order chi connectivity index (χ0) is 13.5. The third-order valence-electron chi connectivity index (χ3n) is 4.85. The molecule has 1 aliphatic heterocycles. The topological polar surface area (TPSA) is 29.3 Å². The summed E-state index contributed by atoms with van der Waals surface area (Å²) in [7, 11) is 0. The minimum atomic E-state index is -0.136. The summed E-state index contributed by atoms with van der Waals surface area (Å²) in [5.41, 5.74) is 8.56. The van der Waals surface area contributed by atoms with Gasteiger partial charge in [0.15, 0.2) is 0 Å². The Morgan fingerprint density at radius 3 is 2.47 bits per heavy atom. The molecule has 1 unspecified atom stereocenters. The van der Waals surface area contributed by atoms with Crippen LogP contribution in [0.2, 0.25) is 0 Å². The number of nitrogens with two attached hydrogens (primary N) is 1. The highest BCUT2D eigenvalue weighted by atomic mass is 19.1. The molecule has 2 nitrogen and oxygen atoms in total. The van der Waals surface area contributed by atoms with Crippen molar-refractivity contribution in [2.75, 3.05) is 18.0 Å². The molecule has 1 saturated heterocycles. The van der Waals surface area contributed by atoms with Crippen LogP contribution in [-0.2, 0) is 5.41 Å². The largest absolute Gasteiger partial charge is 0.371 e. The van der Waals surface area contributed by atoms with Crippen LogP contribution < -0.4 is 10.6 Å². The van der Waals surface area contributed by atoms with Crippen molar-refractivity contribution in [1.29, 1.82) is 0 Å². The van der Waals surface area contributed by atoms with Crippen molar-refractivity contribution in [3.63, 3.8) is 0 Å². The Balaban J connectivity index is 2.00. The van der Waals surface area contributed by atoms with Crippen LogP contribution in [0.15, 0.2) is 18.2 Å². The lowest BCUT2D eigenvalue weighted by molar-refractivity contribution is 0.536. The Labute approximate surface area is 114 Å². The first-order valence-corrected chi connectivity index (χ1v) is 7.44. The first-order valence-electron chi connectivity index (χ1n) is 7.44. The minimum absolute atomic E-state index is 0.0227. The number of anilines is 1. The predicted molar refractivity (Wildman–Crippen MR) is 77.0 cm³/mol. The average molecular weight is 262 g/mol. The fraction of sp³-hybridized carbons (Fsp3) is 0.625. The van der Waals surface area contributed by atoms with E-state index in [0.717, 1.165) is 31.5 Å². The minimum Gasteiger partial charge on any atom is -0.371 e. The molecule has 0 bridgehead atoms. The van der Waals surface area contributed by atoms with Gasteiger partial charge in [0.1, 0.15) is 5.82 Å². The summed E-state index contributed by atoms with van der Waals surface area (Å²) in [4.78, 5) is 2.42. The first kappa shape index (κ1) is 12.9. The van der Waals surface area contributed by atoms with Gasteiger partial charge in [0.05, 0.1) is 0 Å². The summed E-state index contributed by atoms with van der Waals surface area (Å²) in [5, 5.41) is 0. The number of nitrogens with zero attached hydrogens (tertiary/aromatic N) is 1. The quantitative estimate of drug-likeness (QED) is 0.906. The van der Waals surface area contributed by atoms with Crippen LogP contribution in [0.4, 0.5) is 10.1 Å². The summed E-state index contributed by atoms with van der Waals surface area (Å²) in [6.45, 7) is 4.24. The van der Waals surface area contributed by atoms with Crippen molar-refractivity contribution in [2.24, 2.45) is 5.73 Å². The van der Waals surface area contributed by atoms with Gasteiger partial charge in [-0.05, 0) is 62.8 Å². The van der Waals surface area contributed by atoms with Crippen LogP contribution in [0.3, 0.4) is 0 Å². The molecule has 1 aromatic rings. The van der Waals surface area contributed by atoms with Crippen molar-refractivity contribution in [3.8, 4) is 0 Å². The number of rotatable bonds is 3. The van der Waals surface area contributed by atoms with Gasteiger partial charge in [-0.15, -0.1) is 0 Å². The second-order valence-corrected chi connectivity index (χ2v) is 6.15. The van der Waals surface area contributed by atoms with Gasteiger partial charge >= 0.3 is 0 Å². The van der Waals surface area contributed by atoms with Crippen molar-refractivity contribution < 1.29 is 4.39 Å². The Morgan fingerprint density at radius 1 is 1.21 bits per heavy atom. The van der Waals surface area contributed by atoms with Crippen molar-refractivity contribution in [1.82, 2.24) is 0 Å². The predicted octanol–water partition coefficient (Wildman–Crippen LogP) is 3.19. The molecule has 2 aliphatic rings. The van der Waals surface area contributed by atoms with Gasteiger partial charge in [0.2, 0.25) is 0 Å². The molecule has 0 aromatic heterocycles. The average Bonchev–Trinajstić information content (AvgIpc) is 3.21. The molecule has 1 aliphatic carbocycles. The fourth-order valence-corrected chi connectivity index (χ4v) is 3.42. The maximum absolute atomic E-state index is 13.7. The van der Waals surface area contributed by atoms with E-state index in [4.69, 9.17) is 5.73 Å². The van der Waals surface area contributed by atoms with E-state index in [1.807, 2.05) is 6.07 Å². The summed E-state index contributed by atoms with van der Waals surface area (Å²) >= 11 is 0. The maximum Gasteiger partial charge on any atom is 0.123 e. The van der Waals surface area contributed by atoms with E-state index in [0.29, 0.717) is 0 Å². The monoisotopic (exact) mass is 262 g/mol. The van der Waals surface area contributed by atoms with Crippen LogP contribution in [-0.4, -0.2) is 19.1 Å². The Bertz CT molecular complexity index is 460. The van der Waals surface area contributed by atoms with Gasteiger partial charge in [-0.25, -0.2) is 4.39 Å². The van der Waals surface area contributed by atoms with E-state index in [1.54, 1.807) is 12.1 Å². The van der Waals surface area contributed by atoms with E-state index in [9.17, 15) is 4.39 Å². The number of piperidine rings is 1. The lowest BCUT2D eigenvalue weighted by Gasteiger charge is -2.33. The van der Waals surface area contributed by atoms with Gasteiger partial charge in [-0.3, -0.25) is 0 Å². The molecule has 104 valence electrons. The molecule has 1 saturated carbocycles. The van der Waals surface area contributed by atoms with Gasteiger partial charge in [-0.2, -0.15) is 0 Å². The van der Waals surface area contributed by atoms with E-state index >= 15 is 0 Å². The normalized spacial score (nSPS) is 23.2. The first-order chi connectivity index (χ1) is 9.13. The fourth-order valence-electron chi connectivity index (χ4n) is 3.42. The highest BCUT2D eigenvalue weighted by Gasteiger charge is 2.49. The van der Waals surface area contributed by atoms with Crippen LogP contribution in [0.1, 0.15) is 44.6 Å². The molecule has 19 heavy (non-hydrogen) atoms. The second kappa shape index (κ2) is 4.78. The standard InChI is InChI=1S/C16H23FN2/c1-12(18)16(7-8-16)14-11-13(17)5-6-15(14)19-9-3-2-4-10-19/h5-6,11-12H,2-4,7-10,18H2,1H3. The molecule has 3 heteroatoms. The van der Waals surface area contributed by atoms with Crippen molar-refractivity contribution >= 4 is 5.69 Å². The van der Waals surface area contributed by atoms with E-state index in [-0.39, 0.29) is 17.3 Å². The van der Waals surface area contributed by atoms with Gasteiger partial charge in [-0.1, -0.05) is 0 Å². The molecule has 3 rings (SSSR count). The zero-order valence-electron chi connectivity index (χ0n) is 11.7. The van der Waals surface area contributed by atoms with E-state index in [1.165, 1.54) is 24.9 Å². The third kappa shape index (κ3) is 2.25. The number of halogens is 1. The highest BCUT2D eigenvalue weighted by molar-refractivity contribution is 5.59. The molecule has 1 atom stereocenters. The van der Waals surface area contributed by atoms with Gasteiger partial charge in [0.25, 0.3) is 0 Å². The van der Waals surface area contributed by atoms with Crippen LogP contribution in [0.25, 0.3) is 0 Å². The molecule has 0 spiro atoms. The molecule has 2 fully saturated rings. The van der Waals surface area contributed by atoms with Crippen LogP contribution in [0.5, 0.6) is 0 Å². The molecular formula is C16H23FN2. The number of hydrogen-bond acceptors (Lipinski definition) is 2. The SMILES string of the molecule is CC(N)C1(c2cc(F)ccc2N2CCCCC2)CC1. The van der Waals surface area contributed by atoms with E-state index in [2.05, 4.69) is 11.8 Å². The molecular weight excluding hydrogens is 239 g/mol. The number of benzene rings is 1. The summed E-state index contributed by atoms with van der Waals surface area (Å²) < 4.78 is 13.7. The maximum atomic E-state index is 13.7. The number of hydrogen-bond donors (Lipinski definition) is 1. The summed E-state index contributed by atoms with van der Waals surface area (Å²) in [5.74, 6) is -0.136. The third-order valence-corrected chi connectivity index (χ3v) is 4.85. The summed E-state index contributed by atoms with van der Waals surface area (Å²) in [6, 6.07) is 5.36. The van der Waals surface area contributed by atoms with Gasteiger partial charge in [0, 0.05) is 30.2 Å². The van der Waals surface area contributed by atoms with Gasteiger partial charge < -0.3 is 10.6 Å². The molecule has 0 amide bonds. The molecule has 1 aromatic carbocycles. The lowest BCUT2D eigenvalue weighted by Crippen LogP contribution is -2.36. The van der Waals surface area contributed by atoms with E-state index < -0.39 is 0 Å². The Kier molecular flexibility index (Phi) is 3.25. The highest BCUT2D eigenvalue weighted by Crippen LogP contribution is 2.53. The second-order valence-electron chi connectivity index (χ2n) is 6.15. The summed E-state index contributed by atoms with van der Waals surface area (Å²) in [6.07, 6.45) is 5.97. The zero-order valence-corrected chi connectivity index (χ0v) is 11.7. The van der Waals surface area contributed by atoms with Crippen molar-refractivity contribution in [2.45, 2.75) is 50.5 Å². The molecule has 0 radical (unpaired) electrons. The van der Waals surface area contributed by atoms with Crippen LogP contribution >= 0.6 is 0 Å². The smallest absolute Gasteiger partial charge is 0.123 e. The molecule has 1 heterocycles. The van der Waals surface area contributed by atoms with Crippen molar-refractivity contribution in [3.05, 3.63) is 29.6 Å². The Morgan fingerprint density at radius 2 is 1.89 bits per heavy atom. The molecule has 2 N–H and O–H groups in total.